The second-order valence-electron chi connectivity index (χ2n) is 4.55. The monoisotopic (exact) mass is 245 g/mol. The molecule has 1 saturated heterocycles. The molecular formula is C13H15N3O2. The Kier molecular flexibility index (Phi) is 2.76. The Labute approximate surface area is 105 Å². The average Bonchev–Trinajstić information content (AvgIpc) is 2.98. The summed E-state index contributed by atoms with van der Waals surface area (Å²) in [7, 11) is 0. The minimum Gasteiger partial charge on any atom is -0.399 e. The molecule has 2 N–H and O–H groups in total. The van der Waals surface area contributed by atoms with Crippen LogP contribution in [-0.4, -0.2) is 22.9 Å². The number of hydrogen-bond donors (Lipinski definition) is 1. The standard InChI is InChI=1S/C13H15N3O2/c1-8-11(6-7-17-8)13-15-12(16-18-13)9-2-4-10(14)5-3-9/h2-5,8,11H,6-7,14H2,1H3. The van der Waals surface area contributed by atoms with E-state index in [9.17, 15) is 0 Å². The number of ether oxygens (including phenoxy) is 1. The van der Waals surface area contributed by atoms with Gasteiger partial charge in [-0.2, -0.15) is 4.98 Å². The third-order valence-corrected chi connectivity index (χ3v) is 3.30. The molecule has 0 saturated carbocycles. The number of nitrogens with two attached hydrogens (primary N) is 1. The number of hydrogen-bond acceptors (Lipinski definition) is 5. The van der Waals surface area contributed by atoms with E-state index in [-0.39, 0.29) is 12.0 Å². The first-order chi connectivity index (χ1) is 8.74. The molecule has 0 radical (unpaired) electrons. The zero-order valence-corrected chi connectivity index (χ0v) is 10.2. The second kappa shape index (κ2) is 4.42. The summed E-state index contributed by atoms with van der Waals surface area (Å²) in [5.74, 6) is 1.47. The van der Waals surface area contributed by atoms with E-state index in [2.05, 4.69) is 10.1 Å². The van der Waals surface area contributed by atoms with Gasteiger partial charge in [-0.05, 0) is 37.6 Å². The van der Waals surface area contributed by atoms with Crippen LogP contribution < -0.4 is 5.73 Å². The van der Waals surface area contributed by atoms with Gasteiger partial charge >= 0.3 is 0 Å². The summed E-state index contributed by atoms with van der Waals surface area (Å²) >= 11 is 0. The van der Waals surface area contributed by atoms with Crippen LogP contribution in [0.2, 0.25) is 0 Å². The molecule has 18 heavy (non-hydrogen) atoms. The molecule has 1 fully saturated rings. The van der Waals surface area contributed by atoms with E-state index in [1.165, 1.54) is 0 Å². The zero-order chi connectivity index (χ0) is 12.5. The van der Waals surface area contributed by atoms with Crippen molar-refractivity contribution >= 4 is 5.69 Å². The van der Waals surface area contributed by atoms with E-state index < -0.39 is 0 Å². The average molecular weight is 245 g/mol. The Morgan fingerprint density at radius 3 is 2.72 bits per heavy atom. The molecule has 2 heterocycles. The van der Waals surface area contributed by atoms with E-state index in [4.69, 9.17) is 15.0 Å². The number of benzene rings is 1. The summed E-state index contributed by atoms with van der Waals surface area (Å²) in [6.45, 7) is 2.79. The molecular weight excluding hydrogens is 230 g/mol. The Balaban J connectivity index is 1.87. The van der Waals surface area contributed by atoms with Gasteiger partial charge < -0.3 is 15.0 Å². The fourth-order valence-corrected chi connectivity index (χ4v) is 2.19. The van der Waals surface area contributed by atoms with Crippen molar-refractivity contribution in [2.75, 3.05) is 12.3 Å². The van der Waals surface area contributed by atoms with Crippen molar-refractivity contribution in [3.05, 3.63) is 30.2 Å². The molecule has 5 heteroatoms. The van der Waals surface area contributed by atoms with Crippen LogP contribution in [0.15, 0.2) is 28.8 Å². The third kappa shape index (κ3) is 1.97. The van der Waals surface area contributed by atoms with Gasteiger partial charge in [0.25, 0.3) is 0 Å². The van der Waals surface area contributed by atoms with Crippen molar-refractivity contribution < 1.29 is 9.26 Å². The first-order valence-corrected chi connectivity index (χ1v) is 6.05. The van der Waals surface area contributed by atoms with E-state index in [1.807, 2.05) is 31.2 Å². The van der Waals surface area contributed by atoms with E-state index in [1.54, 1.807) is 0 Å². The lowest BCUT2D eigenvalue weighted by Crippen LogP contribution is -2.09. The molecule has 94 valence electrons. The van der Waals surface area contributed by atoms with Crippen LogP contribution in [-0.2, 0) is 4.74 Å². The lowest BCUT2D eigenvalue weighted by Gasteiger charge is -2.07. The molecule has 2 unspecified atom stereocenters. The molecule has 0 spiro atoms. The molecule has 3 rings (SSSR count). The maximum atomic E-state index is 5.65. The minimum absolute atomic E-state index is 0.143. The SMILES string of the molecule is CC1OCCC1c1nc(-c2ccc(N)cc2)no1. The molecule has 2 atom stereocenters. The van der Waals surface area contributed by atoms with Gasteiger partial charge in [0.15, 0.2) is 0 Å². The van der Waals surface area contributed by atoms with Gasteiger partial charge in [-0.25, -0.2) is 0 Å². The Hall–Kier alpha value is -1.88. The van der Waals surface area contributed by atoms with Crippen molar-refractivity contribution in [3.8, 4) is 11.4 Å². The molecule has 1 aliphatic heterocycles. The number of anilines is 1. The van der Waals surface area contributed by atoms with Gasteiger partial charge in [-0.15, -0.1) is 0 Å². The summed E-state index contributed by atoms with van der Waals surface area (Å²) in [5, 5.41) is 4.01. The predicted molar refractivity (Wildman–Crippen MR) is 66.9 cm³/mol. The highest BCUT2D eigenvalue weighted by Crippen LogP contribution is 2.31. The van der Waals surface area contributed by atoms with Crippen molar-refractivity contribution in [2.24, 2.45) is 0 Å². The smallest absolute Gasteiger partial charge is 0.232 e. The molecule has 1 aromatic carbocycles. The van der Waals surface area contributed by atoms with Crippen molar-refractivity contribution in [1.82, 2.24) is 10.1 Å². The lowest BCUT2D eigenvalue weighted by atomic mass is 10.0. The quantitative estimate of drug-likeness (QED) is 0.821. The van der Waals surface area contributed by atoms with Crippen LogP contribution in [0.1, 0.15) is 25.2 Å². The number of nitrogens with zero attached hydrogens (tertiary/aromatic N) is 2. The third-order valence-electron chi connectivity index (χ3n) is 3.30. The first-order valence-electron chi connectivity index (χ1n) is 6.05. The highest BCUT2D eigenvalue weighted by molar-refractivity contribution is 5.58. The lowest BCUT2D eigenvalue weighted by molar-refractivity contribution is 0.113. The molecule has 5 nitrogen and oxygen atoms in total. The topological polar surface area (TPSA) is 74.2 Å². The maximum absolute atomic E-state index is 5.65. The molecule has 1 aliphatic rings. The van der Waals surface area contributed by atoms with Gasteiger partial charge in [0.1, 0.15) is 0 Å². The van der Waals surface area contributed by atoms with Gasteiger partial charge in [0, 0.05) is 17.9 Å². The zero-order valence-electron chi connectivity index (χ0n) is 10.2. The van der Waals surface area contributed by atoms with Crippen molar-refractivity contribution in [3.63, 3.8) is 0 Å². The summed E-state index contributed by atoms with van der Waals surface area (Å²) in [5.41, 5.74) is 7.28. The van der Waals surface area contributed by atoms with Crippen LogP contribution in [0.25, 0.3) is 11.4 Å². The van der Waals surface area contributed by atoms with Gasteiger partial charge in [-0.3, -0.25) is 0 Å². The second-order valence-corrected chi connectivity index (χ2v) is 4.55. The summed E-state index contributed by atoms with van der Waals surface area (Å²) in [4.78, 5) is 4.44. The Morgan fingerprint density at radius 2 is 2.06 bits per heavy atom. The predicted octanol–water partition coefficient (Wildman–Crippen LogP) is 2.21. The van der Waals surface area contributed by atoms with Crippen LogP contribution in [0.3, 0.4) is 0 Å². The minimum atomic E-state index is 0.143. The summed E-state index contributed by atoms with van der Waals surface area (Å²) in [6.07, 6.45) is 1.08. The largest absolute Gasteiger partial charge is 0.399 e. The van der Waals surface area contributed by atoms with Crippen LogP contribution in [0, 0.1) is 0 Å². The van der Waals surface area contributed by atoms with E-state index >= 15 is 0 Å². The number of aromatic nitrogens is 2. The Bertz CT molecular complexity index is 535. The fourth-order valence-electron chi connectivity index (χ4n) is 2.19. The number of rotatable bonds is 2. The normalized spacial score (nSPS) is 23.4. The fraction of sp³-hybridized carbons (Fsp3) is 0.385. The summed E-state index contributed by atoms with van der Waals surface area (Å²) < 4.78 is 10.8. The molecule has 0 bridgehead atoms. The molecule has 0 amide bonds. The van der Waals surface area contributed by atoms with Crippen molar-refractivity contribution in [2.45, 2.75) is 25.4 Å². The van der Waals surface area contributed by atoms with Crippen LogP contribution >= 0.6 is 0 Å². The van der Waals surface area contributed by atoms with Gasteiger partial charge in [0.05, 0.1) is 12.0 Å². The first kappa shape index (κ1) is 11.2. The van der Waals surface area contributed by atoms with E-state index in [0.29, 0.717) is 11.7 Å². The van der Waals surface area contributed by atoms with Crippen LogP contribution in [0.4, 0.5) is 5.69 Å². The van der Waals surface area contributed by atoms with Gasteiger partial charge in [0.2, 0.25) is 11.7 Å². The highest BCUT2D eigenvalue weighted by atomic mass is 16.5. The highest BCUT2D eigenvalue weighted by Gasteiger charge is 2.30. The van der Waals surface area contributed by atoms with E-state index in [0.717, 1.165) is 24.3 Å². The molecule has 0 aliphatic carbocycles. The maximum Gasteiger partial charge on any atom is 0.232 e. The van der Waals surface area contributed by atoms with Crippen LogP contribution in [0.5, 0.6) is 0 Å². The molecule has 2 aromatic rings. The van der Waals surface area contributed by atoms with Gasteiger partial charge in [-0.1, -0.05) is 5.16 Å². The Morgan fingerprint density at radius 1 is 1.28 bits per heavy atom. The number of nitrogen functional groups attached to an aromatic ring is 1. The van der Waals surface area contributed by atoms with Crippen molar-refractivity contribution in [1.29, 1.82) is 0 Å². The molecule has 1 aromatic heterocycles. The summed E-state index contributed by atoms with van der Waals surface area (Å²) in [6, 6.07) is 7.43.